The van der Waals surface area contributed by atoms with Crippen molar-refractivity contribution in [2.75, 3.05) is 11.9 Å². The molecule has 2 aliphatic rings. The van der Waals surface area contributed by atoms with E-state index in [4.69, 9.17) is 4.74 Å². The Hall–Kier alpha value is -1.13. The summed E-state index contributed by atoms with van der Waals surface area (Å²) in [6.45, 7) is 0.880. The third-order valence-corrected chi connectivity index (χ3v) is 5.02. The highest BCUT2D eigenvalue weighted by molar-refractivity contribution is 9.10. The van der Waals surface area contributed by atoms with E-state index in [1.807, 2.05) is 12.3 Å². The fraction of sp³-hybridized carbons (Fsp3) is 0.471. The third-order valence-electron chi connectivity index (χ3n) is 4.53. The molecule has 1 aromatic carbocycles. The molecule has 0 spiro atoms. The summed E-state index contributed by atoms with van der Waals surface area (Å²) in [6.07, 6.45) is 7.27. The fourth-order valence-electron chi connectivity index (χ4n) is 3.22. The van der Waals surface area contributed by atoms with Crippen LogP contribution in [0.3, 0.4) is 0 Å². The molecule has 1 aliphatic heterocycles. The Morgan fingerprint density at radius 1 is 1.19 bits per heavy atom. The van der Waals surface area contributed by atoms with Gasteiger partial charge in [0, 0.05) is 34.4 Å². The Labute approximate surface area is 133 Å². The number of aromatic nitrogens is 1. The summed E-state index contributed by atoms with van der Waals surface area (Å²) in [5, 5.41) is 4.90. The second-order valence-electron chi connectivity index (χ2n) is 6.13. The molecule has 1 saturated heterocycles. The lowest BCUT2D eigenvalue weighted by Gasteiger charge is -2.31. The van der Waals surface area contributed by atoms with Crippen LogP contribution in [0.4, 0.5) is 5.69 Å². The van der Waals surface area contributed by atoms with Crippen molar-refractivity contribution >= 4 is 32.5 Å². The van der Waals surface area contributed by atoms with E-state index in [-0.39, 0.29) is 0 Å². The molecule has 4 heteroatoms. The van der Waals surface area contributed by atoms with Gasteiger partial charge in [0.05, 0.1) is 11.6 Å². The molecule has 2 unspecified atom stereocenters. The van der Waals surface area contributed by atoms with E-state index in [1.54, 1.807) is 0 Å². The predicted octanol–water partition coefficient (Wildman–Crippen LogP) is 4.37. The third kappa shape index (κ3) is 2.92. The van der Waals surface area contributed by atoms with Gasteiger partial charge in [-0.3, -0.25) is 4.98 Å². The van der Waals surface area contributed by atoms with Crippen molar-refractivity contribution in [2.45, 2.75) is 37.8 Å². The summed E-state index contributed by atoms with van der Waals surface area (Å²) in [5.41, 5.74) is 2.22. The topological polar surface area (TPSA) is 34.2 Å². The van der Waals surface area contributed by atoms with Crippen molar-refractivity contribution < 1.29 is 4.74 Å². The summed E-state index contributed by atoms with van der Waals surface area (Å²) >= 11 is 3.55. The van der Waals surface area contributed by atoms with Crippen LogP contribution in [0, 0.1) is 5.92 Å². The van der Waals surface area contributed by atoms with Crippen LogP contribution in [-0.4, -0.2) is 23.7 Å². The quantitative estimate of drug-likeness (QED) is 0.895. The number of hydrogen-bond acceptors (Lipinski definition) is 3. The van der Waals surface area contributed by atoms with E-state index in [9.17, 15) is 0 Å². The van der Waals surface area contributed by atoms with E-state index < -0.39 is 0 Å². The number of anilines is 1. The maximum absolute atomic E-state index is 5.92. The van der Waals surface area contributed by atoms with Gasteiger partial charge < -0.3 is 10.1 Å². The Morgan fingerprint density at radius 3 is 2.95 bits per heavy atom. The van der Waals surface area contributed by atoms with Crippen molar-refractivity contribution in [2.24, 2.45) is 5.92 Å². The minimum atomic E-state index is 0.469. The monoisotopic (exact) mass is 346 g/mol. The molecule has 2 heterocycles. The van der Waals surface area contributed by atoms with E-state index in [1.165, 1.54) is 23.9 Å². The summed E-state index contributed by atoms with van der Waals surface area (Å²) in [4.78, 5) is 4.44. The number of hydrogen-bond donors (Lipinski definition) is 1. The van der Waals surface area contributed by atoms with Crippen LogP contribution in [0.5, 0.6) is 0 Å². The number of ether oxygens (including phenoxy) is 1. The molecule has 2 fully saturated rings. The van der Waals surface area contributed by atoms with Gasteiger partial charge in [0.15, 0.2) is 0 Å². The lowest BCUT2D eigenvalue weighted by molar-refractivity contribution is -0.00217. The first-order valence-corrected chi connectivity index (χ1v) is 8.51. The first kappa shape index (κ1) is 13.5. The van der Waals surface area contributed by atoms with Crippen molar-refractivity contribution in [3.8, 4) is 0 Å². The SMILES string of the molecule is Brc1ccc2nccc(NC3CCOC(C4CC4)C3)c2c1. The van der Waals surface area contributed by atoms with Gasteiger partial charge in [-0.15, -0.1) is 0 Å². The highest BCUT2D eigenvalue weighted by Gasteiger charge is 2.35. The second kappa shape index (κ2) is 5.58. The summed E-state index contributed by atoms with van der Waals surface area (Å²) in [5.74, 6) is 0.818. The molecular formula is C17H19BrN2O. The molecule has 1 N–H and O–H groups in total. The zero-order valence-corrected chi connectivity index (χ0v) is 13.5. The zero-order valence-electron chi connectivity index (χ0n) is 11.9. The standard InChI is InChI=1S/C17H19BrN2O/c18-12-3-4-15-14(9-12)16(5-7-19-15)20-13-6-8-21-17(10-13)11-1-2-11/h3-5,7,9,11,13,17H,1-2,6,8,10H2,(H,19,20). The van der Waals surface area contributed by atoms with Crippen LogP contribution in [-0.2, 0) is 4.74 Å². The molecular weight excluding hydrogens is 328 g/mol. The minimum absolute atomic E-state index is 0.469. The smallest absolute Gasteiger partial charge is 0.0723 e. The molecule has 110 valence electrons. The van der Waals surface area contributed by atoms with Crippen LogP contribution < -0.4 is 5.32 Å². The number of nitrogens with one attached hydrogen (secondary N) is 1. The maximum atomic E-state index is 5.92. The minimum Gasteiger partial charge on any atom is -0.382 e. The Kier molecular flexibility index (Phi) is 3.59. The molecule has 2 aromatic rings. The van der Waals surface area contributed by atoms with Crippen LogP contribution in [0.2, 0.25) is 0 Å². The Bertz CT molecular complexity index is 656. The van der Waals surface area contributed by atoms with Crippen LogP contribution in [0.15, 0.2) is 34.9 Å². The summed E-state index contributed by atoms with van der Waals surface area (Å²) in [7, 11) is 0. The summed E-state index contributed by atoms with van der Waals surface area (Å²) < 4.78 is 7.01. The van der Waals surface area contributed by atoms with Gasteiger partial charge in [-0.1, -0.05) is 15.9 Å². The van der Waals surface area contributed by atoms with E-state index >= 15 is 0 Å². The van der Waals surface area contributed by atoms with E-state index in [0.717, 1.165) is 35.4 Å². The van der Waals surface area contributed by atoms with Gasteiger partial charge in [-0.25, -0.2) is 0 Å². The van der Waals surface area contributed by atoms with Gasteiger partial charge in [0.1, 0.15) is 0 Å². The zero-order chi connectivity index (χ0) is 14.2. The second-order valence-corrected chi connectivity index (χ2v) is 7.05. The number of fused-ring (bicyclic) bond motifs is 1. The molecule has 0 amide bonds. The molecule has 0 radical (unpaired) electrons. The maximum Gasteiger partial charge on any atom is 0.0723 e. The highest BCUT2D eigenvalue weighted by atomic mass is 79.9. The molecule has 0 bridgehead atoms. The van der Waals surface area contributed by atoms with Crippen LogP contribution in [0.1, 0.15) is 25.7 Å². The van der Waals surface area contributed by atoms with Crippen LogP contribution >= 0.6 is 15.9 Å². The number of benzene rings is 1. The van der Waals surface area contributed by atoms with Gasteiger partial charge in [0.2, 0.25) is 0 Å². The molecule has 4 rings (SSSR count). The van der Waals surface area contributed by atoms with Crippen molar-refractivity contribution in [3.05, 3.63) is 34.9 Å². The van der Waals surface area contributed by atoms with E-state index in [2.05, 4.69) is 44.4 Å². The lowest BCUT2D eigenvalue weighted by atomic mass is 9.99. The average molecular weight is 347 g/mol. The first-order chi connectivity index (χ1) is 10.3. The number of halogens is 1. The molecule has 21 heavy (non-hydrogen) atoms. The normalized spacial score (nSPS) is 26.0. The van der Waals surface area contributed by atoms with Gasteiger partial charge in [-0.05, 0) is 55.9 Å². The number of nitrogens with zero attached hydrogens (tertiary/aromatic N) is 1. The molecule has 1 saturated carbocycles. The Morgan fingerprint density at radius 2 is 2.10 bits per heavy atom. The van der Waals surface area contributed by atoms with Crippen LogP contribution in [0.25, 0.3) is 10.9 Å². The molecule has 2 atom stereocenters. The van der Waals surface area contributed by atoms with E-state index in [0.29, 0.717) is 12.1 Å². The van der Waals surface area contributed by atoms with Crippen molar-refractivity contribution in [1.82, 2.24) is 4.98 Å². The predicted molar refractivity (Wildman–Crippen MR) is 88.6 cm³/mol. The van der Waals surface area contributed by atoms with Crippen molar-refractivity contribution in [3.63, 3.8) is 0 Å². The lowest BCUT2D eigenvalue weighted by Crippen LogP contribution is -2.35. The highest BCUT2D eigenvalue weighted by Crippen LogP contribution is 2.38. The fourth-order valence-corrected chi connectivity index (χ4v) is 3.58. The first-order valence-electron chi connectivity index (χ1n) is 7.72. The molecule has 1 aliphatic carbocycles. The number of rotatable bonds is 3. The summed E-state index contributed by atoms with van der Waals surface area (Å²) in [6, 6.07) is 8.82. The van der Waals surface area contributed by atoms with Crippen molar-refractivity contribution in [1.29, 1.82) is 0 Å². The molecule has 1 aromatic heterocycles. The van der Waals surface area contributed by atoms with Gasteiger partial charge >= 0.3 is 0 Å². The molecule has 3 nitrogen and oxygen atoms in total. The Balaban J connectivity index is 1.57. The average Bonchev–Trinajstić information content (AvgIpc) is 3.33. The number of pyridine rings is 1. The van der Waals surface area contributed by atoms with Gasteiger partial charge in [-0.2, -0.15) is 0 Å². The van der Waals surface area contributed by atoms with Gasteiger partial charge in [0.25, 0.3) is 0 Å². The largest absolute Gasteiger partial charge is 0.382 e.